The number of carbonyl (C=O) groups excluding carboxylic acids is 1. The van der Waals surface area contributed by atoms with E-state index in [1.54, 1.807) is 23.1 Å². The van der Waals surface area contributed by atoms with Crippen LogP contribution in [0.15, 0.2) is 42.6 Å². The van der Waals surface area contributed by atoms with Gasteiger partial charge in [0.05, 0.1) is 18.4 Å². The molecule has 0 bridgehead atoms. The Hall–Kier alpha value is -2.74. The molecule has 0 radical (unpaired) electrons. The van der Waals surface area contributed by atoms with Crippen molar-refractivity contribution in [1.82, 2.24) is 20.1 Å². The Bertz CT molecular complexity index is 794. The van der Waals surface area contributed by atoms with E-state index in [0.29, 0.717) is 24.5 Å². The minimum atomic E-state index is -0.534. The second-order valence-electron chi connectivity index (χ2n) is 7.47. The molecule has 1 saturated heterocycles. The van der Waals surface area contributed by atoms with Gasteiger partial charge in [0.2, 0.25) is 0 Å². The number of hydrogen-bond donors (Lipinski definition) is 1. The predicted molar refractivity (Wildman–Crippen MR) is 110 cm³/mol. The van der Waals surface area contributed by atoms with Crippen molar-refractivity contribution in [2.75, 3.05) is 33.4 Å². The number of rotatable bonds is 8. The van der Waals surface area contributed by atoms with Gasteiger partial charge in [-0.2, -0.15) is 0 Å². The molecule has 0 atom stereocenters. The average molecular weight is 418 g/mol. The number of ether oxygens (including phenoxy) is 1. The lowest BCUT2D eigenvalue weighted by Gasteiger charge is -2.37. The quantitative estimate of drug-likeness (QED) is 0.714. The Morgan fingerprint density at radius 3 is 2.60 bits per heavy atom. The lowest BCUT2D eigenvalue weighted by molar-refractivity contribution is 0.126. The number of amides is 2. The predicted octanol–water partition coefficient (Wildman–Crippen LogP) is 3.38. The summed E-state index contributed by atoms with van der Waals surface area (Å²) in [6.45, 7) is 2.03. The van der Waals surface area contributed by atoms with Crippen LogP contribution in [0, 0.1) is 5.82 Å². The van der Waals surface area contributed by atoms with E-state index in [4.69, 9.17) is 4.74 Å². The van der Waals surface area contributed by atoms with Crippen molar-refractivity contribution < 1.29 is 18.3 Å². The lowest BCUT2D eigenvalue weighted by Crippen LogP contribution is -2.49. The van der Waals surface area contributed by atoms with Crippen molar-refractivity contribution >= 4 is 6.03 Å². The molecule has 0 saturated carbocycles. The third-order valence-electron chi connectivity index (χ3n) is 5.22. The molecule has 162 valence electrons. The van der Waals surface area contributed by atoms with Crippen LogP contribution in [0.3, 0.4) is 0 Å². The van der Waals surface area contributed by atoms with Gasteiger partial charge in [-0.05, 0) is 62.8 Å². The van der Waals surface area contributed by atoms with E-state index in [-0.39, 0.29) is 18.7 Å². The molecule has 2 amide bonds. The summed E-state index contributed by atoms with van der Waals surface area (Å²) in [4.78, 5) is 21.2. The highest BCUT2D eigenvalue weighted by molar-refractivity contribution is 5.74. The second-order valence-corrected chi connectivity index (χ2v) is 7.47. The molecule has 2 heterocycles. The fraction of sp³-hybridized carbons (Fsp3) is 0.455. The molecule has 2 aromatic rings. The Morgan fingerprint density at radius 2 is 1.97 bits per heavy atom. The van der Waals surface area contributed by atoms with Crippen molar-refractivity contribution in [3.63, 3.8) is 0 Å². The number of likely N-dealkylation sites (tertiary alicyclic amines) is 1. The summed E-state index contributed by atoms with van der Waals surface area (Å²) in [5.74, 6) is 0.200. The smallest absolute Gasteiger partial charge is 0.318 e. The number of aromatic nitrogens is 1. The first-order valence-corrected chi connectivity index (χ1v) is 10.2. The number of pyridine rings is 1. The van der Waals surface area contributed by atoms with Crippen LogP contribution < -0.4 is 10.1 Å². The molecular formula is C22H28F2N4O2. The number of carbonyl (C=O) groups is 1. The molecule has 1 aliphatic heterocycles. The molecule has 1 aromatic carbocycles. The van der Waals surface area contributed by atoms with E-state index >= 15 is 0 Å². The molecule has 1 N–H and O–H groups in total. The maximum Gasteiger partial charge on any atom is 0.318 e. The van der Waals surface area contributed by atoms with Gasteiger partial charge in [-0.1, -0.05) is 12.1 Å². The number of hydrogen-bond acceptors (Lipinski definition) is 4. The van der Waals surface area contributed by atoms with Crippen LogP contribution in [0.5, 0.6) is 5.75 Å². The van der Waals surface area contributed by atoms with Gasteiger partial charge in [-0.25, -0.2) is 13.6 Å². The summed E-state index contributed by atoms with van der Waals surface area (Å²) in [6, 6.07) is 10.1. The van der Waals surface area contributed by atoms with Gasteiger partial charge in [-0.3, -0.25) is 4.98 Å². The molecule has 8 heteroatoms. The molecule has 1 aromatic heterocycles. The number of benzene rings is 1. The Kier molecular flexibility index (Phi) is 7.96. The monoisotopic (exact) mass is 418 g/mol. The highest BCUT2D eigenvalue weighted by atomic mass is 19.1. The zero-order chi connectivity index (χ0) is 21.3. The minimum Gasteiger partial charge on any atom is -0.491 e. The summed E-state index contributed by atoms with van der Waals surface area (Å²) in [5, 5.41) is 2.97. The standard InChI is InChI=1S/C22H28F2N4O2/c1-27-11-8-20(9-12-27)28(16-19-5-4-18(24)15-25-19)22(29)26-14-17-2-6-21(7-3-17)30-13-10-23/h2-7,15,20H,8-14,16H2,1H3,(H,26,29). The van der Waals surface area contributed by atoms with Crippen LogP contribution in [-0.4, -0.2) is 60.3 Å². The van der Waals surface area contributed by atoms with Crippen LogP contribution in [0.2, 0.25) is 0 Å². The summed E-state index contributed by atoms with van der Waals surface area (Å²) in [7, 11) is 2.07. The molecule has 1 aliphatic rings. The SMILES string of the molecule is CN1CCC(N(Cc2ccc(F)cn2)C(=O)NCc2ccc(OCCF)cc2)CC1. The van der Waals surface area contributed by atoms with E-state index in [2.05, 4.69) is 22.2 Å². The molecule has 0 spiro atoms. The lowest BCUT2D eigenvalue weighted by atomic mass is 10.0. The summed E-state index contributed by atoms with van der Waals surface area (Å²) in [5.41, 5.74) is 1.57. The van der Waals surface area contributed by atoms with Crippen LogP contribution >= 0.6 is 0 Å². The van der Waals surface area contributed by atoms with Crippen LogP contribution in [0.1, 0.15) is 24.1 Å². The van der Waals surface area contributed by atoms with Crippen molar-refractivity contribution in [3.8, 4) is 5.75 Å². The van der Waals surface area contributed by atoms with Gasteiger partial charge in [0.15, 0.2) is 0 Å². The number of nitrogens with one attached hydrogen (secondary N) is 1. The van der Waals surface area contributed by atoms with Crippen LogP contribution in [0.25, 0.3) is 0 Å². The number of halogens is 2. The molecule has 6 nitrogen and oxygen atoms in total. The maximum atomic E-state index is 13.2. The summed E-state index contributed by atoms with van der Waals surface area (Å²) in [6.07, 6.45) is 2.93. The topological polar surface area (TPSA) is 57.7 Å². The Labute approximate surface area is 175 Å². The molecule has 0 aliphatic carbocycles. The molecule has 0 unspecified atom stereocenters. The van der Waals surface area contributed by atoms with Crippen molar-refractivity contribution in [2.45, 2.75) is 32.0 Å². The first-order valence-electron chi connectivity index (χ1n) is 10.2. The summed E-state index contributed by atoms with van der Waals surface area (Å²) >= 11 is 0. The highest BCUT2D eigenvalue weighted by Gasteiger charge is 2.27. The minimum absolute atomic E-state index is 0.0268. The maximum absolute atomic E-state index is 13.2. The van der Waals surface area contributed by atoms with Crippen molar-refractivity contribution in [2.24, 2.45) is 0 Å². The van der Waals surface area contributed by atoms with E-state index in [1.165, 1.54) is 12.3 Å². The Morgan fingerprint density at radius 1 is 1.23 bits per heavy atom. The number of urea groups is 1. The van der Waals surface area contributed by atoms with E-state index in [1.807, 2.05) is 12.1 Å². The third-order valence-corrected chi connectivity index (χ3v) is 5.22. The first-order chi connectivity index (χ1) is 14.5. The van der Waals surface area contributed by atoms with Crippen molar-refractivity contribution in [1.29, 1.82) is 0 Å². The first kappa shape index (κ1) is 22.0. The van der Waals surface area contributed by atoms with Gasteiger partial charge in [0, 0.05) is 12.6 Å². The van der Waals surface area contributed by atoms with Gasteiger partial charge >= 0.3 is 6.03 Å². The normalized spacial score (nSPS) is 15.0. The number of nitrogens with zero attached hydrogens (tertiary/aromatic N) is 3. The van der Waals surface area contributed by atoms with Crippen LogP contribution in [0.4, 0.5) is 13.6 Å². The number of alkyl halides is 1. The average Bonchev–Trinajstić information content (AvgIpc) is 2.77. The molecule has 1 fully saturated rings. The highest BCUT2D eigenvalue weighted by Crippen LogP contribution is 2.19. The fourth-order valence-electron chi connectivity index (χ4n) is 3.49. The zero-order valence-electron chi connectivity index (χ0n) is 17.2. The van der Waals surface area contributed by atoms with Crippen LogP contribution in [-0.2, 0) is 13.1 Å². The number of piperidine rings is 1. The van der Waals surface area contributed by atoms with Gasteiger partial charge in [-0.15, -0.1) is 0 Å². The molecule has 30 heavy (non-hydrogen) atoms. The molecular weight excluding hydrogens is 390 g/mol. The van der Waals surface area contributed by atoms with E-state index in [0.717, 1.165) is 31.5 Å². The van der Waals surface area contributed by atoms with Gasteiger partial charge < -0.3 is 19.9 Å². The molecule has 3 rings (SSSR count). The zero-order valence-corrected chi connectivity index (χ0v) is 17.2. The largest absolute Gasteiger partial charge is 0.491 e. The second kappa shape index (κ2) is 10.9. The Balaban J connectivity index is 1.62. The van der Waals surface area contributed by atoms with Gasteiger partial charge in [0.25, 0.3) is 0 Å². The third kappa shape index (κ3) is 6.38. The van der Waals surface area contributed by atoms with E-state index < -0.39 is 12.5 Å². The van der Waals surface area contributed by atoms with E-state index in [9.17, 15) is 13.6 Å². The fourth-order valence-corrected chi connectivity index (χ4v) is 3.49. The van der Waals surface area contributed by atoms with Crippen molar-refractivity contribution in [3.05, 3.63) is 59.7 Å². The summed E-state index contributed by atoms with van der Waals surface area (Å²) < 4.78 is 30.6. The van der Waals surface area contributed by atoms with Gasteiger partial charge in [0.1, 0.15) is 24.8 Å².